The van der Waals surface area contributed by atoms with E-state index in [-0.39, 0.29) is 6.04 Å². The Balaban J connectivity index is 1.58. The second kappa shape index (κ2) is 7.28. The molecule has 3 rings (SSSR count). The normalized spacial score (nSPS) is 14.0. The number of pyridine rings is 1. The van der Waals surface area contributed by atoms with Crippen molar-refractivity contribution in [2.45, 2.75) is 31.2 Å². The largest absolute Gasteiger partial charge is 0.310 e. The topological polar surface area (TPSA) is 46.4 Å². The standard InChI is InChI=1S/C19H23N3OS/c1-14-5-4-12-22-13-17(21-19(14)22)10-11-20-15(2)16-6-8-18(9-7-16)24(3)23/h4-9,12-13,15,20H,10-11H2,1-3H3/t15-,24-/m1/s1. The van der Waals surface area contributed by atoms with Crippen LogP contribution in [0, 0.1) is 6.92 Å². The van der Waals surface area contributed by atoms with E-state index in [1.807, 2.05) is 36.5 Å². The van der Waals surface area contributed by atoms with Gasteiger partial charge in [0.05, 0.1) is 5.69 Å². The van der Waals surface area contributed by atoms with Crippen molar-refractivity contribution in [2.24, 2.45) is 0 Å². The highest BCUT2D eigenvalue weighted by atomic mass is 32.2. The third-order valence-electron chi connectivity index (χ3n) is 4.27. The maximum Gasteiger partial charge on any atom is 0.139 e. The number of aromatic nitrogens is 2. The van der Waals surface area contributed by atoms with Crippen molar-refractivity contribution in [3.63, 3.8) is 0 Å². The Morgan fingerprint density at radius 2 is 2.00 bits per heavy atom. The molecule has 126 valence electrons. The molecule has 3 aromatic rings. The summed E-state index contributed by atoms with van der Waals surface area (Å²) in [5.74, 6) is 0. The fourth-order valence-corrected chi connectivity index (χ4v) is 3.33. The van der Waals surface area contributed by atoms with Gasteiger partial charge in [0.15, 0.2) is 0 Å². The monoisotopic (exact) mass is 341 g/mol. The number of rotatable bonds is 6. The Labute approximate surface area is 145 Å². The van der Waals surface area contributed by atoms with Gasteiger partial charge >= 0.3 is 0 Å². The number of nitrogens with one attached hydrogen (secondary N) is 1. The summed E-state index contributed by atoms with van der Waals surface area (Å²) in [5, 5.41) is 3.53. The summed E-state index contributed by atoms with van der Waals surface area (Å²) < 4.78 is 13.5. The highest BCUT2D eigenvalue weighted by Crippen LogP contribution is 2.15. The first-order valence-electron chi connectivity index (χ1n) is 8.14. The maximum atomic E-state index is 11.4. The van der Waals surface area contributed by atoms with Gasteiger partial charge in [0.25, 0.3) is 0 Å². The molecule has 2 aromatic heterocycles. The first kappa shape index (κ1) is 16.9. The van der Waals surface area contributed by atoms with Gasteiger partial charge in [0.2, 0.25) is 0 Å². The number of hydrogen-bond acceptors (Lipinski definition) is 3. The van der Waals surface area contributed by atoms with Gasteiger partial charge < -0.3 is 9.72 Å². The first-order valence-corrected chi connectivity index (χ1v) is 9.70. The van der Waals surface area contributed by atoms with Crippen LogP contribution in [0.5, 0.6) is 0 Å². The van der Waals surface area contributed by atoms with E-state index >= 15 is 0 Å². The lowest BCUT2D eigenvalue weighted by molar-refractivity contribution is 0.574. The molecule has 0 unspecified atom stereocenters. The fourth-order valence-electron chi connectivity index (χ4n) is 2.81. The van der Waals surface area contributed by atoms with Crippen molar-refractivity contribution in [1.82, 2.24) is 14.7 Å². The van der Waals surface area contributed by atoms with Crippen LogP contribution in [0.4, 0.5) is 0 Å². The van der Waals surface area contributed by atoms with E-state index in [0.717, 1.165) is 29.2 Å². The molecule has 24 heavy (non-hydrogen) atoms. The molecule has 0 amide bonds. The van der Waals surface area contributed by atoms with Crippen molar-refractivity contribution in [1.29, 1.82) is 0 Å². The first-order chi connectivity index (χ1) is 11.5. The summed E-state index contributed by atoms with van der Waals surface area (Å²) >= 11 is 0. The van der Waals surface area contributed by atoms with Crippen LogP contribution in [0.25, 0.3) is 5.65 Å². The minimum Gasteiger partial charge on any atom is -0.310 e. The van der Waals surface area contributed by atoms with Crippen LogP contribution < -0.4 is 5.32 Å². The van der Waals surface area contributed by atoms with E-state index in [9.17, 15) is 4.21 Å². The van der Waals surface area contributed by atoms with Crippen molar-refractivity contribution in [2.75, 3.05) is 12.8 Å². The van der Waals surface area contributed by atoms with Gasteiger partial charge in [-0.15, -0.1) is 0 Å². The maximum absolute atomic E-state index is 11.4. The van der Waals surface area contributed by atoms with E-state index in [2.05, 4.69) is 35.8 Å². The molecule has 0 radical (unpaired) electrons. The van der Waals surface area contributed by atoms with Gasteiger partial charge in [-0.3, -0.25) is 4.21 Å². The quantitative estimate of drug-likeness (QED) is 0.748. The lowest BCUT2D eigenvalue weighted by atomic mass is 10.1. The predicted octanol–water partition coefficient (Wildman–Crippen LogP) is 3.27. The SMILES string of the molecule is Cc1cccn2cc(CCN[C@H](C)c3ccc([S@@](C)=O)cc3)nc12. The molecule has 4 nitrogen and oxygen atoms in total. The Kier molecular flexibility index (Phi) is 5.11. The van der Waals surface area contributed by atoms with E-state index in [0.29, 0.717) is 0 Å². The number of hydrogen-bond donors (Lipinski definition) is 1. The number of nitrogens with zero attached hydrogens (tertiary/aromatic N) is 2. The molecule has 0 fully saturated rings. The van der Waals surface area contributed by atoms with Crippen LogP contribution in [0.3, 0.4) is 0 Å². The molecule has 0 bridgehead atoms. The molecule has 1 aromatic carbocycles. The molecule has 0 saturated heterocycles. The minimum absolute atomic E-state index is 0.253. The highest BCUT2D eigenvalue weighted by Gasteiger charge is 2.07. The summed E-state index contributed by atoms with van der Waals surface area (Å²) in [4.78, 5) is 5.57. The predicted molar refractivity (Wildman–Crippen MR) is 98.8 cm³/mol. The van der Waals surface area contributed by atoms with E-state index in [4.69, 9.17) is 4.98 Å². The molecule has 0 aliphatic heterocycles. The van der Waals surface area contributed by atoms with Crippen LogP contribution in [0.1, 0.15) is 29.8 Å². The summed E-state index contributed by atoms with van der Waals surface area (Å²) in [6, 6.07) is 12.3. The Morgan fingerprint density at radius 3 is 2.67 bits per heavy atom. The number of imidazole rings is 1. The molecular formula is C19H23N3OS. The van der Waals surface area contributed by atoms with Crippen molar-refractivity contribution in [3.8, 4) is 0 Å². The van der Waals surface area contributed by atoms with Gasteiger partial charge in [-0.1, -0.05) is 18.2 Å². The Bertz CT molecular complexity index is 855. The lowest BCUT2D eigenvalue weighted by Gasteiger charge is -2.14. The molecule has 0 spiro atoms. The van der Waals surface area contributed by atoms with E-state index in [1.165, 1.54) is 11.1 Å². The molecule has 2 heterocycles. The highest BCUT2D eigenvalue weighted by molar-refractivity contribution is 7.84. The Morgan fingerprint density at radius 1 is 1.25 bits per heavy atom. The van der Waals surface area contributed by atoms with Crippen LogP contribution >= 0.6 is 0 Å². The summed E-state index contributed by atoms with van der Waals surface area (Å²) in [5.41, 5.74) is 4.53. The summed E-state index contributed by atoms with van der Waals surface area (Å²) in [6.07, 6.45) is 6.73. The summed E-state index contributed by atoms with van der Waals surface area (Å²) in [6.45, 7) is 5.09. The van der Waals surface area contributed by atoms with E-state index in [1.54, 1.807) is 6.26 Å². The minimum atomic E-state index is -0.922. The second-order valence-electron chi connectivity index (χ2n) is 6.10. The zero-order valence-corrected chi connectivity index (χ0v) is 15.1. The van der Waals surface area contributed by atoms with Crippen LogP contribution in [-0.4, -0.2) is 26.4 Å². The Hall–Kier alpha value is -1.98. The average Bonchev–Trinajstić information content (AvgIpc) is 2.99. The fraction of sp³-hybridized carbons (Fsp3) is 0.316. The average molecular weight is 341 g/mol. The van der Waals surface area contributed by atoms with Crippen LogP contribution in [0.2, 0.25) is 0 Å². The molecule has 0 saturated carbocycles. The van der Waals surface area contributed by atoms with E-state index < -0.39 is 10.8 Å². The zero-order valence-electron chi connectivity index (χ0n) is 14.3. The molecule has 2 atom stereocenters. The number of benzene rings is 1. The van der Waals surface area contributed by atoms with Gasteiger partial charge in [-0.2, -0.15) is 0 Å². The lowest BCUT2D eigenvalue weighted by Crippen LogP contribution is -2.21. The third kappa shape index (κ3) is 3.74. The molecule has 1 N–H and O–H groups in total. The van der Waals surface area contributed by atoms with Crippen molar-refractivity contribution >= 4 is 16.4 Å². The number of aryl methyl sites for hydroxylation is 1. The summed E-state index contributed by atoms with van der Waals surface area (Å²) in [7, 11) is -0.922. The molecule has 0 aliphatic carbocycles. The zero-order chi connectivity index (χ0) is 17.1. The van der Waals surface area contributed by atoms with Gasteiger partial charge in [0.1, 0.15) is 5.65 Å². The van der Waals surface area contributed by atoms with Gasteiger partial charge in [0, 0.05) is 53.4 Å². The molecule has 0 aliphatic rings. The van der Waals surface area contributed by atoms with Gasteiger partial charge in [-0.25, -0.2) is 4.98 Å². The molecular weight excluding hydrogens is 318 g/mol. The van der Waals surface area contributed by atoms with Crippen LogP contribution in [0.15, 0.2) is 53.7 Å². The number of fused-ring (bicyclic) bond motifs is 1. The van der Waals surface area contributed by atoms with Crippen LogP contribution in [-0.2, 0) is 17.2 Å². The molecule has 5 heteroatoms. The van der Waals surface area contributed by atoms with Gasteiger partial charge in [-0.05, 0) is 43.2 Å². The second-order valence-corrected chi connectivity index (χ2v) is 7.48. The van der Waals surface area contributed by atoms with Crippen molar-refractivity contribution < 1.29 is 4.21 Å². The van der Waals surface area contributed by atoms with Crippen molar-refractivity contribution in [3.05, 3.63) is 65.6 Å². The third-order valence-corrected chi connectivity index (χ3v) is 5.21. The smallest absolute Gasteiger partial charge is 0.139 e.